The van der Waals surface area contributed by atoms with E-state index in [-0.39, 0.29) is 24.4 Å². The summed E-state index contributed by atoms with van der Waals surface area (Å²) in [6.45, 7) is 2.15. The quantitative estimate of drug-likeness (QED) is 0.227. The zero-order valence-corrected chi connectivity index (χ0v) is 23.2. The Morgan fingerprint density at radius 2 is 1.69 bits per heavy atom. The normalized spacial score (nSPS) is 15.0. The lowest BCUT2D eigenvalue weighted by Crippen LogP contribution is -2.51. The highest BCUT2D eigenvalue weighted by Gasteiger charge is 2.31. The van der Waals surface area contributed by atoms with Crippen LogP contribution >= 0.6 is 46.6 Å². The number of carbonyl (C=O) groups is 2. The number of amides is 2. The van der Waals surface area contributed by atoms with Gasteiger partial charge in [-0.25, -0.2) is 0 Å². The largest absolute Gasteiger partial charge is 0.352 e. The molecular formula is C27H33Cl3N2O2S. The Bertz CT molecular complexity index is 961. The maximum Gasteiger partial charge on any atom is 0.243 e. The molecule has 1 fully saturated rings. The zero-order chi connectivity index (χ0) is 25.2. The summed E-state index contributed by atoms with van der Waals surface area (Å²) in [6.07, 6.45) is 7.02. The summed E-state index contributed by atoms with van der Waals surface area (Å²) in [5, 5.41) is 4.90. The maximum atomic E-state index is 13.5. The summed E-state index contributed by atoms with van der Waals surface area (Å²) in [6, 6.07) is 12.6. The molecule has 4 nitrogen and oxygen atoms in total. The van der Waals surface area contributed by atoms with Crippen molar-refractivity contribution in [3.8, 4) is 0 Å². The third-order valence-electron chi connectivity index (χ3n) is 6.34. The lowest BCUT2D eigenvalue weighted by molar-refractivity contribution is -0.141. The average molecular weight is 556 g/mol. The zero-order valence-electron chi connectivity index (χ0n) is 20.1. The molecule has 2 aromatic carbocycles. The molecule has 0 bridgehead atoms. The summed E-state index contributed by atoms with van der Waals surface area (Å²) in [7, 11) is 0. The Morgan fingerprint density at radius 3 is 2.31 bits per heavy atom. The molecule has 0 spiro atoms. The van der Waals surface area contributed by atoms with Crippen LogP contribution in [0.2, 0.25) is 15.1 Å². The molecule has 1 N–H and O–H groups in total. The van der Waals surface area contributed by atoms with Gasteiger partial charge in [-0.2, -0.15) is 0 Å². The van der Waals surface area contributed by atoms with E-state index in [2.05, 4.69) is 5.32 Å². The van der Waals surface area contributed by atoms with Crippen LogP contribution in [0, 0.1) is 0 Å². The fourth-order valence-electron chi connectivity index (χ4n) is 4.41. The second-order valence-corrected chi connectivity index (χ2v) is 11.3. The van der Waals surface area contributed by atoms with E-state index in [1.807, 2.05) is 31.2 Å². The molecule has 0 radical (unpaired) electrons. The SMILES string of the molecule is CC[C@@H](C(=O)NC1CCCCC1)N(Cc1c(Cl)cccc1Cl)C(=O)CCCSc1ccc(Cl)cc1. The predicted octanol–water partition coefficient (Wildman–Crippen LogP) is 7.78. The summed E-state index contributed by atoms with van der Waals surface area (Å²) in [4.78, 5) is 29.5. The minimum atomic E-state index is -0.569. The van der Waals surface area contributed by atoms with Crippen LogP contribution in [0.4, 0.5) is 0 Å². The van der Waals surface area contributed by atoms with E-state index in [1.54, 1.807) is 34.9 Å². The molecule has 0 unspecified atom stereocenters. The van der Waals surface area contributed by atoms with Gasteiger partial charge >= 0.3 is 0 Å². The van der Waals surface area contributed by atoms with Gasteiger partial charge in [0, 0.05) is 44.5 Å². The van der Waals surface area contributed by atoms with Crippen molar-refractivity contribution >= 4 is 58.4 Å². The Kier molecular flexibility index (Phi) is 11.6. The highest BCUT2D eigenvalue weighted by atomic mass is 35.5. The number of rotatable bonds is 11. The van der Waals surface area contributed by atoms with Gasteiger partial charge in [-0.3, -0.25) is 9.59 Å². The molecule has 1 saturated carbocycles. The molecule has 8 heteroatoms. The van der Waals surface area contributed by atoms with Gasteiger partial charge in [-0.05, 0) is 67.8 Å². The van der Waals surface area contributed by atoms with E-state index in [9.17, 15) is 9.59 Å². The fourth-order valence-corrected chi connectivity index (χ4v) is 5.90. The monoisotopic (exact) mass is 554 g/mol. The fraction of sp³-hybridized carbons (Fsp3) is 0.481. The molecule has 0 saturated heterocycles. The molecule has 190 valence electrons. The van der Waals surface area contributed by atoms with E-state index >= 15 is 0 Å². The van der Waals surface area contributed by atoms with E-state index in [1.165, 1.54) is 6.42 Å². The first-order valence-corrected chi connectivity index (χ1v) is 14.4. The molecule has 0 aliphatic heterocycles. The molecule has 1 aliphatic carbocycles. The molecule has 35 heavy (non-hydrogen) atoms. The minimum Gasteiger partial charge on any atom is -0.352 e. The molecule has 0 aromatic heterocycles. The van der Waals surface area contributed by atoms with Gasteiger partial charge in [-0.15, -0.1) is 11.8 Å². The summed E-state index contributed by atoms with van der Waals surface area (Å²) < 4.78 is 0. The van der Waals surface area contributed by atoms with E-state index in [0.717, 1.165) is 36.3 Å². The smallest absolute Gasteiger partial charge is 0.243 e. The molecule has 2 aromatic rings. The van der Waals surface area contributed by atoms with Gasteiger partial charge in [0.1, 0.15) is 6.04 Å². The van der Waals surface area contributed by atoms with Crippen molar-refractivity contribution in [3.63, 3.8) is 0 Å². The van der Waals surface area contributed by atoms with Crippen molar-refractivity contribution in [1.29, 1.82) is 0 Å². The Balaban J connectivity index is 1.69. The first kappa shape index (κ1) is 28.2. The molecule has 3 rings (SSSR count). The lowest BCUT2D eigenvalue weighted by Gasteiger charge is -2.33. The predicted molar refractivity (Wildman–Crippen MR) is 148 cm³/mol. The lowest BCUT2D eigenvalue weighted by atomic mass is 9.95. The van der Waals surface area contributed by atoms with Crippen molar-refractivity contribution in [2.45, 2.75) is 81.8 Å². The molecule has 1 aliphatic rings. The van der Waals surface area contributed by atoms with Crippen molar-refractivity contribution in [3.05, 3.63) is 63.1 Å². The summed E-state index contributed by atoms with van der Waals surface area (Å²) in [5.41, 5.74) is 0.670. The number of hydrogen-bond acceptors (Lipinski definition) is 3. The van der Waals surface area contributed by atoms with Crippen LogP contribution in [0.25, 0.3) is 0 Å². The molecular weight excluding hydrogens is 523 g/mol. The molecule has 0 heterocycles. The number of hydrogen-bond donors (Lipinski definition) is 1. The van der Waals surface area contributed by atoms with Crippen molar-refractivity contribution < 1.29 is 9.59 Å². The average Bonchev–Trinajstić information content (AvgIpc) is 2.85. The van der Waals surface area contributed by atoms with E-state index < -0.39 is 6.04 Å². The first-order valence-electron chi connectivity index (χ1n) is 12.3. The second-order valence-electron chi connectivity index (χ2n) is 8.90. The number of carbonyl (C=O) groups excluding carboxylic acids is 2. The van der Waals surface area contributed by atoms with Crippen LogP contribution in [-0.2, 0) is 16.1 Å². The van der Waals surface area contributed by atoms with Crippen LogP contribution < -0.4 is 5.32 Å². The van der Waals surface area contributed by atoms with Crippen molar-refractivity contribution in [2.24, 2.45) is 0 Å². The minimum absolute atomic E-state index is 0.0664. The van der Waals surface area contributed by atoms with Gasteiger partial charge in [0.15, 0.2) is 0 Å². The number of thioether (sulfide) groups is 1. The van der Waals surface area contributed by atoms with Gasteiger partial charge in [0.25, 0.3) is 0 Å². The van der Waals surface area contributed by atoms with Crippen LogP contribution in [0.5, 0.6) is 0 Å². The van der Waals surface area contributed by atoms with Gasteiger partial charge in [0.2, 0.25) is 11.8 Å². The van der Waals surface area contributed by atoms with Crippen LogP contribution in [0.1, 0.15) is 63.9 Å². The van der Waals surface area contributed by atoms with Crippen LogP contribution in [0.3, 0.4) is 0 Å². The van der Waals surface area contributed by atoms with Gasteiger partial charge in [0.05, 0.1) is 0 Å². The van der Waals surface area contributed by atoms with Crippen molar-refractivity contribution in [1.82, 2.24) is 10.2 Å². The number of benzene rings is 2. The van der Waals surface area contributed by atoms with E-state index in [4.69, 9.17) is 34.8 Å². The molecule has 2 amide bonds. The Hall–Kier alpha value is -1.40. The maximum absolute atomic E-state index is 13.5. The van der Waals surface area contributed by atoms with Crippen LogP contribution in [0.15, 0.2) is 47.4 Å². The van der Waals surface area contributed by atoms with Gasteiger partial charge < -0.3 is 10.2 Å². The number of nitrogens with zero attached hydrogens (tertiary/aromatic N) is 1. The first-order chi connectivity index (χ1) is 16.9. The summed E-state index contributed by atoms with van der Waals surface area (Å²) in [5.74, 6) is 0.633. The van der Waals surface area contributed by atoms with E-state index in [0.29, 0.717) is 39.9 Å². The highest BCUT2D eigenvalue weighted by molar-refractivity contribution is 7.99. The standard InChI is InChI=1S/C27H33Cl3N2O2S/c1-2-25(27(34)31-20-8-4-3-5-9-20)32(18-22-23(29)10-6-11-24(22)30)26(33)12-7-17-35-21-15-13-19(28)14-16-21/h6,10-11,13-16,20,25H,2-5,7-9,12,17-18H2,1H3,(H,31,34)/t25-/m0/s1. The number of halogens is 3. The van der Waals surface area contributed by atoms with Crippen molar-refractivity contribution in [2.75, 3.05) is 5.75 Å². The molecule has 1 atom stereocenters. The van der Waals surface area contributed by atoms with Crippen LogP contribution in [-0.4, -0.2) is 34.6 Å². The highest BCUT2D eigenvalue weighted by Crippen LogP contribution is 2.28. The second kappa shape index (κ2) is 14.4. The number of nitrogens with one attached hydrogen (secondary N) is 1. The third-order valence-corrected chi connectivity index (χ3v) is 8.40. The Morgan fingerprint density at radius 1 is 1.03 bits per heavy atom. The Labute approximate surface area is 228 Å². The summed E-state index contributed by atoms with van der Waals surface area (Å²) >= 11 is 20.5. The topological polar surface area (TPSA) is 49.4 Å². The third kappa shape index (κ3) is 8.59. The van der Waals surface area contributed by atoms with Gasteiger partial charge in [-0.1, -0.05) is 67.1 Å².